The van der Waals surface area contributed by atoms with Crippen molar-refractivity contribution >= 4 is 39.0 Å². The van der Waals surface area contributed by atoms with Gasteiger partial charge in [0, 0.05) is 6.07 Å². The Bertz CT molecular complexity index is 803. The lowest BCUT2D eigenvalue weighted by molar-refractivity contribution is -0.390. The van der Waals surface area contributed by atoms with E-state index in [2.05, 4.69) is 26.3 Å². The first kappa shape index (κ1) is 16.5. The molecule has 0 saturated heterocycles. The second-order valence-electron chi connectivity index (χ2n) is 4.46. The highest BCUT2D eigenvalue weighted by Gasteiger charge is 2.25. The van der Waals surface area contributed by atoms with Crippen LogP contribution in [0.25, 0.3) is 0 Å². The molecule has 0 saturated carbocycles. The lowest BCUT2D eigenvalue weighted by atomic mass is 10.2. The van der Waals surface area contributed by atoms with Gasteiger partial charge in [-0.25, -0.2) is 0 Å². The number of benzene rings is 1. The lowest BCUT2D eigenvalue weighted by Gasteiger charge is -2.05. The van der Waals surface area contributed by atoms with E-state index in [0.717, 1.165) is 4.68 Å². The number of carbonyl (C=O) groups is 1. The molecule has 1 aromatic heterocycles. The lowest BCUT2D eigenvalue weighted by Crippen LogP contribution is -2.20. The molecule has 0 unspecified atom stereocenters. The van der Waals surface area contributed by atoms with Gasteiger partial charge >= 0.3 is 5.82 Å². The molecule has 120 valence electrons. The molecule has 1 heterocycles. The van der Waals surface area contributed by atoms with Crippen molar-refractivity contribution in [1.82, 2.24) is 9.78 Å². The van der Waals surface area contributed by atoms with Crippen LogP contribution in [-0.2, 0) is 11.3 Å². The SMILES string of the molecule is Cc1c(Br)c([N+](=O)[O-])nn1CC(=O)Nc1ccccc1[N+](=O)[O-]. The third-order valence-electron chi connectivity index (χ3n) is 2.96. The molecule has 0 bridgehead atoms. The smallest absolute Gasteiger partial charge is 0.358 e. The van der Waals surface area contributed by atoms with E-state index in [1.807, 2.05) is 0 Å². The molecule has 10 nitrogen and oxygen atoms in total. The van der Waals surface area contributed by atoms with Gasteiger partial charge < -0.3 is 15.4 Å². The van der Waals surface area contributed by atoms with E-state index in [9.17, 15) is 25.0 Å². The normalized spacial score (nSPS) is 10.3. The topological polar surface area (TPSA) is 133 Å². The first-order chi connectivity index (χ1) is 10.8. The monoisotopic (exact) mass is 383 g/mol. The number of nitrogens with zero attached hydrogens (tertiary/aromatic N) is 4. The number of aromatic nitrogens is 2. The molecule has 2 aromatic rings. The largest absolute Gasteiger partial charge is 0.404 e. The standard InChI is InChI=1S/C12H10BrN5O5/c1-7-11(13)12(18(22)23)15-16(7)6-10(19)14-8-4-2-3-5-9(8)17(20)21/h2-5H,6H2,1H3,(H,14,19). The third-order valence-corrected chi connectivity index (χ3v) is 3.89. The average Bonchev–Trinajstić information content (AvgIpc) is 2.76. The summed E-state index contributed by atoms with van der Waals surface area (Å²) < 4.78 is 1.33. The van der Waals surface area contributed by atoms with Crippen LogP contribution in [-0.4, -0.2) is 25.5 Å². The van der Waals surface area contributed by atoms with Gasteiger partial charge in [-0.05, 0) is 33.8 Å². The van der Waals surface area contributed by atoms with E-state index in [1.54, 1.807) is 13.0 Å². The van der Waals surface area contributed by atoms with Crippen LogP contribution in [0.4, 0.5) is 17.2 Å². The van der Waals surface area contributed by atoms with Crippen molar-refractivity contribution in [3.05, 3.63) is 54.7 Å². The van der Waals surface area contributed by atoms with Crippen molar-refractivity contribution in [2.45, 2.75) is 13.5 Å². The van der Waals surface area contributed by atoms with E-state index >= 15 is 0 Å². The summed E-state index contributed by atoms with van der Waals surface area (Å²) in [4.78, 5) is 32.4. The predicted molar refractivity (Wildman–Crippen MR) is 83.0 cm³/mol. The van der Waals surface area contributed by atoms with E-state index in [-0.39, 0.29) is 22.4 Å². The van der Waals surface area contributed by atoms with Crippen LogP contribution in [0.15, 0.2) is 28.7 Å². The fraction of sp³-hybridized carbons (Fsp3) is 0.167. The van der Waals surface area contributed by atoms with E-state index < -0.39 is 21.6 Å². The zero-order chi connectivity index (χ0) is 17.1. The number of nitro benzene ring substituents is 1. The zero-order valence-electron chi connectivity index (χ0n) is 11.7. The quantitative estimate of drug-likeness (QED) is 0.622. The molecule has 0 radical (unpaired) electrons. The summed E-state index contributed by atoms with van der Waals surface area (Å²) >= 11 is 3.04. The molecular formula is C12H10BrN5O5. The van der Waals surface area contributed by atoms with Gasteiger partial charge in [-0.15, -0.1) is 0 Å². The number of amides is 1. The number of halogens is 1. The van der Waals surface area contributed by atoms with E-state index in [0.29, 0.717) is 5.69 Å². The van der Waals surface area contributed by atoms with Gasteiger partial charge in [-0.2, -0.15) is 4.68 Å². The molecule has 0 spiro atoms. The van der Waals surface area contributed by atoms with Crippen molar-refractivity contribution in [3.63, 3.8) is 0 Å². The number of nitrogens with one attached hydrogen (secondary N) is 1. The predicted octanol–water partition coefficient (Wildman–Crippen LogP) is 2.41. The van der Waals surface area contributed by atoms with Crippen molar-refractivity contribution < 1.29 is 14.6 Å². The van der Waals surface area contributed by atoms with E-state index in [1.165, 1.54) is 18.2 Å². The molecule has 0 atom stereocenters. The van der Waals surface area contributed by atoms with Crippen LogP contribution < -0.4 is 5.32 Å². The maximum atomic E-state index is 12.0. The fourth-order valence-corrected chi connectivity index (χ4v) is 2.27. The van der Waals surface area contributed by atoms with Crippen molar-refractivity contribution in [1.29, 1.82) is 0 Å². The Labute approximate surface area is 137 Å². The highest BCUT2D eigenvalue weighted by atomic mass is 79.9. The summed E-state index contributed by atoms with van der Waals surface area (Å²) in [5.74, 6) is -0.992. The first-order valence-corrected chi connectivity index (χ1v) is 7.01. The molecule has 1 N–H and O–H groups in total. The number of nitro groups is 2. The second-order valence-corrected chi connectivity index (χ2v) is 5.25. The van der Waals surface area contributed by atoms with Crippen LogP contribution in [0.3, 0.4) is 0 Å². The van der Waals surface area contributed by atoms with Gasteiger partial charge in [0.25, 0.3) is 5.69 Å². The summed E-state index contributed by atoms with van der Waals surface area (Å²) in [5.41, 5.74) is 0.195. The maximum Gasteiger partial charge on any atom is 0.404 e. The molecule has 1 amide bonds. The molecule has 2 rings (SSSR count). The van der Waals surface area contributed by atoms with Crippen molar-refractivity contribution in [3.8, 4) is 0 Å². The fourth-order valence-electron chi connectivity index (χ4n) is 1.84. The van der Waals surface area contributed by atoms with Crippen LogP contribution in [0, 0.1) is 27.2 Å². The number of hydrogen-bond donors (Lipinski definition) is 1. The minimum Gasteiger partial charge on any atom is -0.358 e. The molecule has 0 aliphatic heterocycles. The Kier molecular flexibility index (Phi) is 4.69. The number of rotatable bonds is 5. The Morgan fingerprint density at radius 1 is 1.30 bits per heavy atom. The minimum absolute atomic E-state index is 0.0425. The first-order valence-electron chi connectivity index (χ1n) is 6.21. The molecule has 1 aromatic carbocycles. The van der Waals surface area contributed by atoms with Crippen molar-refractivity contribution in [2.75, 3.05) is 5.32 Å². The van der Waals surface area contributed by atoms with Crippen LogP contribution in [0.1, 0.15) is 5.69 Å². The molecule has 0 fully saturated rings. The van der Waals surface area contributed by atoms with Gasteiger partial charge in [-0.1, -0.05) is 12.1 Å². The zero-order valence-corrected chi connectivity index (χ0v) is 13.3. The molecule has 11 heteroatoms. The minimum atomic E-state index is -0.673. The molecule has 0 aliphatic rings. The van der Waals surface area contributed by atoms with Gasteiger partial charge in [0.15, 0.2) is 0 Å². The van der Waals surface area contributed by atoms with Crippen molar-refractivity contribution in [2.24, 2.45) is 0 Å². The van der Waals surface area contributed by atoms with Crippen LogP contribution in [0.2, 0.25) is 0 Å². The summed E-state index contributed by atoms with van der Waals surface area (Å²) in [6.07, 6.45) is 0. The van der Waals surface area contributed by atoms with E-state index in [4.69, 9.17) is 0 Å². The third kappa shape index (κ3) is 3.51. The van der Waals surface area contributed by atoms with Gasteiger partial charge in [-0.3, -0.25) is 14.9 Å². The Balaban J connectivity index is 2.20. The maximum absolute atomic E-state index is 12.0. The number of para-hydroxylation sites is 2. The summed E-state index contributed by atoms with van der Waals surface area (Å²) in [6.45, 7) is 1.24. The highest BCUT2D eigenvalue weighted by Crippen LogP contribution is 2.27. The average molecular weight is 384 g/mol. The molecular weight excluding hydrogens is 374 g/mol. The Morgan fingerprint density at radius 2 is 1.96 bits per heavy atom. The summed E-state index contributed by atoms with van der Waals surface area (Å²) in [5, 5.41) is 27.8. The number of carbonyl (C=O) groups excluding carboxylic acids is 1. The van der Waals surface area contributed by atoms with Gasteiger partial charge in [0.2, 0.25) is 5.91 Å². The highest BCUT2D eigenvalue weighted by molar-refractivity contribution is 9.10. The summed E-state index contributed by atoms with van der Waals surface area (Å²) in [6, 6.07) is 5.68. The molecule has 23 heavy (non-hydrogen) atoms. The van der Waals surface area contributed by atoms with Gasteiger partial charge in [0.05, 0.1) is 15.7 Å². The van der Waals surface area contributed by atoms with Crippen LogP contribution in [0.5, 0.6) is 0 Å². The van der Waals surface area contributed by atoms with Crippen LogP contribution >= 0.6 is 15.9 Å². The Hall–Kier alpha value is -2.82. The second kappa shape index (κ2) is 6.52. The number of anilines is 1. The Morgan fingerprint density at radius 3 is 2.52 bits per heavy atom. The molecule has 0 aliphatic carbocycles. The summed E-state index contributed by atoms with van der Waals surface area (Å²) in [7, 11) is 0. The number of hydrogen-bond acceptors (Lipinski definition) is 6. The van der Waals surface area contributed by atoms with Gasteiger partial charge in [0.1, 0.15) is 16.7 Å².